The van der Waals surface area contributed by atoms with Crippen molar-refractivity contribution in [3.8, 4) is 5.75 Å². The topological polar surface area (TPSA) is 29.9 Å². The monoisotopic (exact) mass is 290 g/mol. The van der Waals surface area contributed by atoms with E-state index in [1.165, 1.54) is 37.6 Å². The van der Waals surface area contributed by atoms with Crippen LogP contribution in [-0.4, -0.2) is 16.7 Å². The van der Waals surface area contributed by atoms with Crippen molar-refractivity contribution in [2.45, 2.75) is 45.1 Å². The highest BCUT2D eigenvalue weighted by atomic mass is 32.1. The minimum atomic E-state index is 0.533. The van der Waals surface area contributed by atoms with Gasteiger partial charge in [0.1, 0.15) is 11.3 Å². The summed E-state index contributed by atoms with van der Waals surface area (Å²) in [4.78, 5) is 3.32. The number of hydrogen-bond donors (Lipinski definition) is 1. The van der Waals surface area contributed by atoms with E-state index in [4.69, 9.17) is 17.0 Å². The Morgan fingerprint density at radius 2 is 2.05 bits per heavy atom. The van der Waals surface area contributed by atoms with E-state index in [2.05, 4.69) is 22.5 Å². The summed E-state index contributed by atoms with van der Waals surface area (Å²) in [6.45, 7) is 2.30. The zero-order valence-electron chi connectivity index (χ0n) is 12.2. The fourth-order valence-electron chi connectivity index (χ4n) is 3.47. The molecule has 3 rings (SSSR count). The highest BCUT2D eigenvalue weighted by molar-refractivity contribution is 7.71. The number of aromatic amines is 1. The highest BCUT2D eigenvalue weighted by Gasteiger charge is 2.23. The lowest BCUT2D eigenvalue weighted by Gasteiger charge is -2.29. The van der Waals surface area contributed by atoms with Gasteiger partial charge in [-0.05, 0) is 56.0 Å². The third-order valence-electron chi connectivity index (χ3n) is 4.69. The van der Waals surface area contributed by atoms with Crippen LogP contribution in [0, 0.1) is 10.7 Å². The van der Waals surface area contributed by atoms with Gasteiger partial charge in [0.05, 0.1) is 12.6 Å². The summed E-state index contributed by atoms with van der Waals surface area (Å²) >= 11 is 5.55. The van der Waals surface area contributed by atoms with Gasteiger partial charge >= 0.3 is 0 Å². The van der Waals surface area contributed by atoms with Gasteiger partial charge in [0.15, 0.2) is 4.77 Å². The van der Waals surface area contributed by atoms with Gasteiger partial charge in [0.2, 0.25) is 0 Å². The quantitative estimate of drug-likeness (QED) is 0.819. The molecule has 0 radical (unpaired) electrons. The highest BCUT2D eigenvalue weighted by Crippen LogP contribution is 2.36. The van der Waals surface area contributed by atoms with E-state index in [-0.39, 0.29) is 0 Å². The molecule has 4 heteroatoms. The number of para-hydroxylation sites is 1. The van der Waals surface area contributed by atoms with Gasteiger partial charge in [0, 0.05) is 6.04 Å². The van der Waals surface area contributed by atoms with Crippen molar-refractivity contribution in [3.63, 3.8) is 0 Å². The summed E-state index contributed by atoms with van der Waals surface area (Å²) in [6.07, 6.45) is 6.41. The minimum Gasteiger partial charge on any atom is -0.494 e. The van der Waals surface area contributed by atoms with Crippen LogP contribution in [0.5, 0.6) is 5.75 Å². The fraction of sp³-hybridized carbons (Fsp3) is 0.562. The van der Waals surface area contributed by atoms with Crippen molar-refractivity contribution in [2.24, 2.45) is 5.92 Å². The Bertz CT molecular complexity index is 650. The molecule has 0 atom stereocenters. The molecule has 1 aromatic heterocycles. The van der Waals surface area contributed by atoms with Gasteiger partial charge in [0.25, 0.3) is 0 Å². The number of nitrogens with one attached hydrogen (secondary N) is 1. The number of ether oxygens (including phenoxy) is 1. The molecular formula is C16H22N2OS. The largest absolute Gasteiger partial charge is 0.494 e. The molecule has 0 amide bonds. The van der Waals surface area contributed by atoms with Gasteiger partial charge in [-0.3, -0.25) is 0 Å². The number of methoxy groups -OCH3 is 1. The molecule has 0 spiro atoms. The Labute approximate surface area is 125 Å². The third kappa shape index (κ3) is 2.26. The first kappa shape index (κ1) is 13.7. The Morgan fingerprint density at radius 1 is 1.30 bits per heavy atom. The number of benzene rings is 1. The first-order valence-electron chi connectivity index (χ1n) is 7.51. The van der Waals surface area contributed by atoms with Crippen molar-refractivity contribution in [3.05, 3.63) is 23.0 Å². The van der Waals surface area contributed by atoms with Crippen LogP contribution in [0.1, 0.15) is 45.1 Å². The van der Waals surface area contributed by atoms with Crippen LogP contribution in [0.15, 0.2) is 18.2 Å². The molecular weight excluding hydrogens is 268 g/mol. The number of aromatic nitrogens is 2. The van der Waals surface area contributed by atoms with Crippen LogP contribution >= 0.6 is 12.2 Å². The summed E-state index contributed by atoms with van der Waals surface area (Å²) in [6, 6.07) is 6.69. The SMILES string of the molecule is CCC1CCC(n2c(=S)[nH]c3c(OC)cccc32)CC1. The zero-order chi connectivity index (χ0) is 14.1. The number of hydrogen-bond acceptors (Lipinski definition) is 2. The fourth-order valence-corrected chi connectivity index (χ4v) is 3.82. The summed E-state index contributed by atoms with van der Waals surface area (Å²) < 4.78 is 8.55. The lowest BCUT2D eigenvalue weighted by molar-refractivity contribution is 0.272. The number of nitrogens with zero attached hydrogens (tertiary/aromatic N) is 1. The second kappa shape index (κ2) is 5.60. The first-order valence-corrected chi connectivity index (χ1v) is 7.92. The Hall–Kier alpha value is -1.29. The van der Waals surface area contributed by atoms with Gasteiger partial charge in [-0.1, -0.05) is 19.4 Å². The molecule has 1 aliphatic rings. The number of imidazole rings is 1. The molecule has 1 N–H and O–H groups in total. The molecule has 1 fully saturated rings. The van der Waals surface area contributed by atoms with Crippen molar-refractivity contribution >= 4 is 23.3 Å². The summed E-state index contributed by atoms with van der Waals surface area (Å²) in [5.74, 6) is 1.77. The summed E-state index contributed by atoms with van der Waals surface area (Å²) in [7, 11) is 1.70. The van der Waals surface area contributed by atoms with E-state index in [1.807, 2.05) is 12.1 Å². The first-order chi connectivity index (χ1) is 9.74. The van der Waals surface area contributed by atoms with Crippen molar-refractivity contribution in [1.82, 2.24) is 9.55 Å². The van der Waals surface area contributed by atoms with Crippen molar-refractivity contribution < 1.29 is 4.74 Å². The maximum atomic E-state index is 5.55. The standard InChI is InChI=1S/C16H22N2OS/c1-3-11-7-9-12(10-8-11)18-13-5-4-6-14(19-2)15(13)17-16(18)20/h4-6,11-12H,3,7-10H2,1-2H3,(H,17,20). The second-order valence-corrected chi connectivity index (χ2v) is 6.12. The summed E-state index contributed by atoms with van der Waals surface area (Å²) in [5.41, 5.74) is 2.20. The van der Waals surface area contributed by atoms with E-state index in [1.54, 1.807) is 7.11 Å². The van der Waals surface area contributed by atoms with Crippen LogP contribution in [0.2, 0.25) is 0 Å². The normalized spacial score (nSPS) is 23.1. The minimum absolute atomic E-state index is 0.533. The molecule has 1 heterocycles. The molecule has 0 aliphatic heterocycles. The van der Waals surface area contributed by atoms with Gasteiger partial charge in [-0.25, -0.2) is 0 Å². The number of fused-ring (bicyclic) bond motifs is 1. The average Bonchev–Trinajstić information content (AvgIpc) is 2.83. The Morgan fingerprint density at radius 3 is 2.70 bits per heavy atom. The van der Waals surface area contributed by atoms with Gasteiger partial charge in [-0.2, -0.15) is 0 Å². The van der Waals surface area contributed by atoms with Crippen LogP contribution in [0.4, 0.5) is 0 Å². The number of H-pyrrole nitrogens is 1. The molecule has 108 valence electrons. The average molecular weight is 290 g/mol. The molecule has 1 aromatic carbocycles. The van der Waals surface area contributed by atoms with Crippen LogP contribution in [0.25, 0.3) is 11.0 Å². The molecule has 0 saturated heterocycles. The van der Waals surface area contributed by atoms with Gasteiger partial charge in [-0.15, -0.1) is 0 Å². The van der Waals surface area contributed by atoms with Crippen LogP contribution in [0.3, 0.4) is 0 Å². The van der Waals surface area contributed by atoms with Crippen molar-refractivity contribution in [1.29, 1.82) is 0 Å². The maximum Gasteiger partial charge on any atom is 0.178 e. The van der Waals surface area contributed by atoms with E-state index in [0.29, 0.717) is 6.04 Å². The zero-order valence-corrected chi connectivity index (χ0v) is 13.0. The maximum absolute atomic E-state index is 5.55. The lowest BCUT2D eigenvalue weighted by atomic mass is 9.84. The molecule has 1 saturated carbocycles. The predicted octanol–water partition coefficient (Wildman–Crippen LogP) is 4.85. The molecule has 0 unspecified atom stereocenters. The van der Waals surface area contributed by atoms with Crippen LogP contribution in [-0.2, 0) is 0 Å². The molecule has 1 aliphatic carbocycles. The van der Waals surface area contributed by atoms with Crippen molar-refractivity contribution in [2.75, 3.05) is 7.11 Å². The van der Waals surface area contributed by atoms with E-state index in [0.717, 1.165) is 22.0 Å². The Kier molecular flexibility index (Phi) is 3.83. The second-order valence-electron chi connectivity index (χ2n) is 5.74. The van der Waals surface area contributed by atoms with Crippen LogP contribution < -0.4 is 4.74 Å². The number of rotatable bonds is 3. The van der Waals surface area contributed by atoms with E-state index < -0.39 is 0 Å². The van der Waals surface area contributed by atoms with Gasteiger partial charge < -0.3 is 14.3 Å². The molecule has 20 heavy (non-hydrogen) atoms. The predicted molar refractivity (Wildman–Crippen MR) is 85.0 cm³/mol. The van der Waals surface area contributed by atoms with E-state index in [9.17, 15) is 0 Å². The summed E-state index contributed by atoms with van der Waals surface area (Å²) in [5, 5.41) is 0. The molecule has 0 bridgehead atoms. The molecule has 2 aromatic rings. The third-order valence-corrected chi connectivity index (χ3v) is 4.99. The van der Waals surface area contributed by atoms with E-state index >= 15 is 0 Å². The molecule has 3 nitrogen and oxygen atoms in total. The Balaban J connectivity index is 2.00. The lowest BCUT2D eigenvalue weighted by Crippen LogP contribution is -2.17. The smallest absolute Gasteiger partial charge is 0.178 e.